The van der Waals surface area contributed by atoms with Gasteiger partial charge in [0.1, 0.15) is 13.2 Å². The molecule has 1 aliphatic heterocycles. The molecule has 9 nitrogen and oxygen atoms in total. The molecule has 32 heavy (non-hydrogen) atoms. The molecule has 2 amide bonds. The molecule has 0 spiro atoms. The summed E-state index contributed by atoms with van der Waals surface area (Å²) in [6.45, 7) is 1.99. The second-order valence-corrected chi connectivity index (χ2v) is 9.22. The van der Waals surface area contributed by atoms with E-state index < -0.39 is 16.1 Å². The number of hydrogen-bond acceptors (Lipinski definition) is 6. The summed E-state index contributed by atoms with van der Waals surface area (Å²) in [5, 5.41) is 2.42. The van der Waals surface area contributed by atoms with Gasteiger partial charge in [0, 0.05) is 31.7 Å². The Labute approximate surface area is 187 Å². The monoisotopic (exact) mass is 459 g/mol. The summed E-state index contributed by atoms with van der Waals surface area (Å²) < 4.78 is 32.0. The lowest BCUT2D eigenvalue weighted by Crippen LogP contribution is -2.52. The van der Waals surface area contributed by atoms with Gasteiger partial charge in [-0.3, -0.25) is 9.59 Å². The van der Waals surface area contributed by atoms with E-state index in [2.05, 4.69) is 5.32 Å². The molecule has 0 saturated carbocycles. The van der Waals surface area contributed by atoms with E-state index in [4.69, 9.17) is 4.74 Å². The minimum Gasteiger partial charge on any atom is -0.445 e. The van der Waals surface area contributed by atoms with Crippen molar-refractivity contribution < 1.29 is 27.5 Å². The average molecular weight is 460 g/mol. The zero-order valence-corrected chi connectivity index (χ0v) is 18.5. The number of carbonyl (C=O) groups excluding carboxylic acids is 3. The highest BCUT2D eigenvalue weighted by atomic mass is 32.2. The van der Waals surface area contributed by atoms with Crippen LogP contribution in [0, 0.1) is 0 Å². The zero-order valence-electron chi connectivity index (χ0n) is 17.7. The third kappa shape index (κ3) is 5.92. The van der Waals surface area contributed by atoms with E-state index in [-0.39, 0.29) is 55.9 Å². The molecule has 2 aromatic carbocycles. The molecule has 10 heteroatoms. The third-order valence-corrected chi connectivity index (χ3v) is 7.00. The fraction of sp³-hybridized carbons (Fsp3) is 0.318. The molecule has 170 valence electrons. The predicted molar refractivity (Wildman–Crippen MR) is 116 cm³/mol. The van der Waals surface area contributed by atoms with Crippen LogP contribution in [0.3, 0.4) is 0 Å². The van der Waals surface area contributed by atoms with Crippen LogP contribution in [0.5, 0.6) is 0 Å². The highest BCUT2D eigenvalue weighted by molar-refractivity contribution is 7.89. The molecule has 1 N–H and O–H groups in total. The van der Waals surface area contributed by atoms with E-state index >= 15 is 0 Å². The fourth-order valence-electron chi connectivity index (χ4n) is 3.22. The van der Waals surface area contributed by atoms with Crippen LogP contribution in [0.25, 0.3) is 0 Å². The number of ether oxygens (including phenoxy) is 1. The number of alkyl carbamates (subject to hydrolysis) is 1. The number of hydrogen-bond donors (Lipinski definition) is 1. The van der Waals surface area contributed by atoms with Crippen LogP contribution >= 0.6 is 0 Å². The molecule has 0 unspecified atom stereocenters. The maximum Gasteiger partial charge on any atom is 0.407 e. The highest BCUT2D eigenvalue weighted by Gasteiger charge is 2.30. The number of carbonyl (C=O) groups is 3. The Morgan fingerprint density at radius 2 is 1.56 bits per heavy atom. The smallest absolute Gasteiger partial charge is 0.407 e. The molecule has 1 fully saturated rings. The van der Waals surface area contributed by atoms with Crippen molar-refractivity contribution in [2.45, 2.75) is 18.4 Å². The van der Waals surface area contributed by atoms with E-state index in [9.17, 15) is 22.8 Å². The Morgan fingerprint density at radius 1 is 0.938 bits per heavy atom. The Morgan fingerprint density at radius 3 is 2.16 bits per heavy atom. The first-order valence-electron chi connectivity index (χ1n) is 10.1. The Bertz CT molecular complexity index is 1060. The van der Waals surface area contributed by atoms with Crippen LogP contribution in [0.1, 0.15) is 22.8 Å². The van der Waals surface area contributed by atoms with Crippen molar-refractivity contribution >= 4 is 27.8 Å². The normalized spacial score (nSPS) is 14.6. The Balaban J connectivity index is 1.45. The maximum absolute atomic E-state index is 12.8. The zero-order chi connectivity index (χ0) is 23.1. The number of nitrogens with zero attached hydrogens (tertiary/aromatic N) is 2. The predicted octanol–water partition coefficient (Wildman–Crippen LogP) is 1.65. The highest BCUT2D eigenvalue weighted by Crippen LogP contribution is 2.18. The molecule has 1 saturated heterocycles. The average Bonchev–Trinajstić information content (AvgIpc) is 2.82. The van der Waals surface area contributed by atoms with E-state index in [1.165, 1.54) is 40.4 Å². The lowest BCUT2D eigenvalue weighted by Gasteiger charge is -2.34. The van der Waals surface area contributed by atoms with E-state index in [1.54, 1.807) is 0 Å². The summed E-state index contributed by atoms with van der Waals surface area (Å²) in [6.07, 6.45) is -0.697. The number of amides is 2. The molecule has 2 aromatic rings. The molecule has 0 atom stereocenters. The molecule has 1 aliphatic rings. The van der Waals surface area contributed by atoms with Crippen LogP contribution in [-0.2, 0) is 26.2 Å². The first-order chi connectivity index (χ1) is 15.3. The second kappa shape index (κ2) is 10.4. The molecule has 0 radical (unpaired) electrons. The number of ketones is 1. The van der Waals surface area contributed by atoms with Crippen LogP contribution in [0.4, 0.5) is 4.79 Å². The summed E-state index contributed by atoms with van der Waals surface area (Å²) in [5.41, 5.74) is 1.27. The van der Waals surface area contributed by atoms with Gasteiger partial charge in [-0.2, -0.15) is 4.31 Å². The van der Waals surface area contributed by atoms with Gasteiger partial charge in [0.15, 0.2) is 5.78 Å². The first kappa shape index (κ1) is 23.4. The van der Waals surface area contributed by atoms with Gasteiger partial charge in [-0.05, 0) is 24.6 Å². The van der Waals surface area contributed by atoms with E-state index in [0.29, 0.717) is 5.56 Å². The maximum atomic E-state index is 12.8. The number of piperazine rings is 1. The van der Waals surface area contributed by atoms with Crippen molar-refractivity contribution in [3.63, 3.8) is 0 Å². The second-order valence-electron chi connectivity index (χ2n) is 7.28. The minimum absolute atomic E-state index is 0.102. The number of sulfonamides is 1. The van der Waals surface area contributed by atoms with Gasteiger partial charge >= 0.3 is 6.09 Å². The van der Waals surface area contributed by atoms with Crippen molar-refractivity contribution in [3.8, 4) is 0 Å². The standard InChI is InChI=1S/C22H25N3O6S/c1-17(26)19-7-9-20(10-8-19)32(29,30)25-13-11-24(12-14-25)21(27)15-23-22(28)31-16-18-5-3-2-4-6-18/h2-10H,11-16H2,1H3,(H,23,28). The van der Waals surface area contributed by atoms with Crippen LogP contribution in [0.2, 0.25) is 0 Å². The summed E-state index contributed by atoms with van der Waals surface area (Å²) >= 11 is 0. The molecular formula is C22H25N3O6S. The van der Waals surface area contributed by atoms with E-state index in [1.807, 2.05) is 30.3 Å². The SMILES string of the molecule is CC(=O)c1ccc(S(=O)(=O)N2CCN(C(=O)CNC(=O)OCc3ccccc3)CC2)cc1. The molecular weight excluding hydrogens is 434 g/mol. The van der Waals surface area contributed by atoms with E-state index in [0.717, 1.165) is 5.56 Å². The first-order valence-corrected chi connectivity index (χ1v) is 11.5. The molecule has 0 aromatic heterocycles. The number of rotatable bonds is 7. The molecule has 0 bridgehead atoms. The minimum atomic E-state index is -3.72. The largest absolute Gasteiger partial charge is 0.445 e. The topological polar surface area (TPSA) is 113 Å². The quantitative estimate of drug-likeness (QED) is 0.630. The van der Waals surface area contributed by atoms with Crippen molar-refractivity contribution in [1.82, 2.24) is 14.5 Å². The lowest BCUT2D eigenvalue weighted by molar-refractivity contribution is -0.131. The van der Waals surface area contributed by atoms with Crippen molar-refractivity contribution in [2.75, 3.05) is 32.7 Å². The molecule has 0 aliphatic carbocycles. The van der Waals surface area contributed by atoms with Gasteiger partial charge in [-0.25, -0.2) is 13.2 Å². The Hall–Kier alpha value is -3.24. The van der Waals surface area contributed by atoms with Gasteiger partial charge in [0.2, 0.25) is 15.9 Å². The summed E-state index contributed by atoms with van der Waals surface area (Å²) in [4.78, 5) is 37.1. The molecule has 3 rings (SSSR count). The lowest BCUT2D eigenvalue weighted by atomic mass is 10.2. The summed E-state index contributed by atoms with van der Waals surface area (Å²) in [5.74, 6) is -0.455. The fourth-order valence-corrected chi connectivity index (χ4v) is 4.64. The summed E-state index contributed by atoms with van der Waals surface area (Å²) in [7, 11) is -3.72. The number of nitrogens with one attached hydrogen (secondary N) is 1. The van der Waals surface area contributed by atoms with Crippen molar-refractivity contribution in [2.24, 2.45) is 0 Å². The van der Waals surface area contributed by atoms with Gasteiger partial charge in [0.05, 0.1) is 4.90 Å². The van der Waals surface area contributed by atoms with Gasteiger partial charge in [0.25, 0.3) is 0 Å². The van der Waals surface area contributed by atoms with Crippen LogP contribution < -0.4 is 5.32 Å². The van der Waals surface area contributed by atoms with Gasteiger partial charge in [-0.1, -0.05) is 42.5 Å². The van der Waals surface area contributed by atoms with Crippen LogP contribution in [0.15, 0.2) is 59.5 Å². The Kier molecular flexibility index (Phi) is 7.60. The van der Waals surface area contributed by atoms with Gasteiger partial charge < -0.3 is 15.0 Å². The molecule has 1 heterocycles. The summed E-state index contributed by atoms with van der Waals surface area (Å²) in [6, 6.07) is 15.0. The number of benzene rings is 2. The number of Topliss-reactive ketones (excluding diaryl/α,β-unsaturated/α-hetero) is 1. The van der Waals surface area contributed by atoms with Crippen molar-refractivity contribution in [3.05, 3.63) is 65.7 Å². The van der Waals surface area contributed by atoms with Crippen molar-refractivity contribution in [1.29, 1.82) is 0 Å². The van der Waals surface area contributed by atoms with Gasteiger partial charge in [-0.15, -0.1) is 0 Å². The third-order valence-electron chi connectivity index (χ3n) is 5.09. The van der Waals surface area contributed by atoms with Crippen LogP contribution in [-0.4, -0.2) is 68.1 Å².